The second-order valence-corrected chi connectivity index (χ2v) is 5.78. The molecule has 3 heterocycles. The first-order valence-electron chi connectivity index (χ1n) is 7.29. The molecule has 0 aromatic carbocycles. The van der Waals surface area contributed by atoms with E-state index in [1.165, 1.54) is 0 Å². The molecule has 22 heavy (non-hydrogen) atoms. The minimum absolute atomic E-state index is 0.299. The highest BCUT2D eigenvalue weighted by Crippen LogP contribution is 2.33. The Morgan fingerprint density at radius 2 is 2.14 bits per heavy atom. The maximum Gasteiger partial charge on any atom is 0.134 e. The Hall–Kier alpha value is -2.63. The number of nitrogens with two attached hydrogens (primary N) is 1. The normalized spacial score (nSPS) is 13.4. The van der Waals surface area contributed by atoms with Crippen LogP contribution in [-0.2, 0) is 6.54 Å². The molecule has 6 heteroatoms. The van der Waals surface area contributed by atoms with Gasteiger partial charge in [-0.3, -0.25) is 0 Å². The number of nitrogens with zero attached hydrogens (tertiary/aromatic N) is 4. The summed E-state index contributed by atoms with van der Waals surface area (Å²) in [6.07, 6.45) is 3.58. The van der Waals surface area contributed by atoms with Crippen LogP contribution < -0.4 is 11.1 Å². The molecular formula is C16H20N6. The van der Waals surface area contributed by atoms with Crippen molar-refractivity contribution in [3.05, 3.63) is 30.0 Å². The number of anilines is 2. The molecule has 6 nitrogen and oxygen atoms in total. The quantitative estimate of drug-likeness (QED) is 0.910. The molecule has 0 amide bonds. The predicted octanol–water partition coefficient (Wildman–Crippen LogP) is 2.65. The van der Waals surface area contributed by atoms with Gasteiger partial charge in [-0.1, -0.05) is 0 Å². The fraction of sp³-hybridized carbons (Fsp3) is 0.312. The van der Waals surface area contributed by atoms with Crippen LogP contribution in [0.4, 0.5) is 17.3 Å². The van der Waals surface area contributed by atoms with Gasteiger partial charge in [-0.25, -0.2) is 15.0 Å². The van der Waals surface area contributed by atoms with Gasteiger partial charge in [-0.15, -0.1) is 0 Å². The maximum absolute atomic E-state index is 5.65. The van der Waals surface area contributed by atoms with Crippen LogP contribution in [0.3, 0.4) is 0 Å². The highest BCUT2D eigenvalue weighted by atomic mass is 15.2. The Morgan fingerprint density at radius 1 is 1.32 bits per heavy atom. The second kappa shape index (κ2) is 5.63. The Balaban J connectivity index is 2.10. The summed E-state index contributed by atoms with van der Waals surface area (Å²) in [5, 5.41) is 3.42. The van der Waals surface area contributed by atoms with E-state index in [1.54, 1.807) is 12.3 Å². The van der Waals surface area contributed by atoms with Gasteiger partial charge in [0.05, 0.1) is 17.7 Å². The fourth-order valence-electron chi connectivity index (χ4n) is 2.38. The lowest BCUT2D eigenvalue weighted by Gasteiger charge is -2.24. The average molecular weight is 296 g/mol. The molecule has 2 aromatic rings. The molecule has 0 radical (unpaired) electrons. The molecule has 0 saturated heterocycles. The SMILES string of the molecule is CC(C)Nc1nc(-c2ccc(N)nc2)cc2c1CN(C)C=N2. The van der Waals surface area contributed by atoms with Crippen molar-refractivity contribution in [2.45, 2.75) is 26.4 Å². The highest BCUT2D eigenvalue weighted by Gasteiger charge is 2.18. The topological polar surface area (TPSA) is 79.4 Å². The summed E-state index contributed by atoms with van der Waals surface area (Å²) in [7, 11) is 2.00. The van der Waals surface area contributed by atoms with Crippen LogP contribution in [0.5, 0.6) is 0 Å². The molecule has 1 aliphatic rings. The molecule has 3 rings (SSSR count). The van der Waals surface area contributed by atoms with E-state index in [4.69, 9.17) is 10.7 Å². The second-order valence-electron chi connectivity index (χ2n) is 5.78. The van der Waals surface area contributed by atoms with Crippen LogP contribution in [0.25, 0.3) is 11.3 Å². The standard InChI is InChI=1S/C16H20N6/c1-10(2)20-16-12-8-22(3)9-19-14(12)6-13(21-16)11-4-5-15(17)18-7-11/h4-7,9-10H,8H2,1-3H3,(H2,17,18)(H,20,21). The van der Waals surface area contributed by atoms with Crippen LogP contribution in [0.2, 0.25) is 0 Å². The van der Waals surface area contributed by atoms with Crippen LogP contribution >= 0.6 is 0 Å². The molecule has 0 unspecified atom stereocenters. The van der Waals surface area contributed by atoms with E-state index in [-0.39, 0.29) is 0 Å². The van der Waals surface area contributed by atoms with Crippen molar-refractivity contribution in [3.8, 4) is 11.3 Å². The number of pyridine rings is 2. The summed E-state index contributed by atoms with van der Waals surface area (Å²) in [5.74, 6) is 1.38. The number of nitrogen functional groups attached to an aromatic ring is 1. The number of fused-ring (bicyclic) bond motifs is 1. The summed E-state index contributed by atoms with van der Waals surface area (Å²) in [4.78, 5) is 15.5. The van der Waals surface area contributed by atoms with Gasteiger partial charge in [0.15, 0.2) is 0 Å². The molecule has 0 fully saturated rings. The number of hydrogen-bond acceptors (Lipinski definition) is 6. The highest BCUT2D eigenvalue weighted by molar-refractivity contribution is 5.76. The zero-order valence-corrected chi connectivity index (χ0v) is 13.0. The Bertz CT molecular complexity index is 705. The van der Waals surface area contributed by atoms with Crippen LogP contribution in [0.15, 0.2) is 29.4 Å². The summed E-state index contributed by atoms with van der Waals surface area (Å²) >= 11 is 0. The van der Waals surface area contributed by atoms with Crippen molar-refractivity contribution in [2.24, 2.45) is 4.99 Å². The van der Waals surface area contributed by atoms with E-state index in [0.29, 0.717) is 11.9 Å². The number of rotatable bonds is 3. The molecule has 114 valence electrons. The third kappa shape index (κ3) is 2.86. The minimum atomic E-state index is 0.299. The first-order valence-corrected chi connectivity index (χ1v) is 7.29. The number of aliphatic imine (C=N–C) groups is 1. The van der Waals surface area contributed by atoms with Gasteiger partial charge in [0.2, 0.25) is 0 Å². The van der Waals surface area contributed by atoms with E-state index >= 15 is 0 Å². The fourth-order valence-corrected chi connectivity index (χ4v) is 2.38. The monoisotopic (exact) mass is 296 g/mol. The van der Waals surface area contributed by atoms with E-state index in [0.717, 1.165) is 34.9 Å². The molecule has 0 atom stereocenters. The first kappa shape index (κ1) is 14.3. The van der Waals surface area contributed by atoms with Gasteiger partial charge in [0.1, 0.15) is 11.6 Å². The molecule has 0 aliphatic carbocycles. The van der Waals surface area contributed by atoms with E-state index in [2.05, 4.69) is 29.1 Å². The first-order chi connectivity index (χ1) is 10.5. The van der Waals surface area contributed by atoms with Crippen molar-refractivity contribution in [2.75, 3.05) is 18.1 Å². The van der Waals surface area contributed by atoms with Gasteiger partial charge in [0, 0.05) is 37.0 Å². The average Bonchev–Trinajstić information content (AvgIpc) is 2.48. The molecule has 2 aromatic heterocycles. The summed E-state index contributed by atoms with van der Waals surface area (Å²) in [6.45, 7) is 4.99. The van der Waals surface area contributed by atoms with Crippen molar-refractivity contribution >= 4 is 23.7 Å². The van der Waals surface area contributed by atoms with Crippen molar-refractivity contribution in [1.29, 1.82) is 0 Å². The van der Waals surface area contributed by atoms with E-state index in [1.807, 2.05) is 30.4 Å². The summed E-state index contributed by atoms with van der Waals surface area (Å²) in [6, 6.07) is 6.00. The summed E-state index contributed by atoms with van der Waals surface area (Å²) in [5.41, 5.74) is 9.49. The van der Waals surface area contributed by atoms with Gasteiger partial charge in [0.25, 0.3) is 0 Å². The van der Waals surface area contributed by atoms with Crippen molar-refractivity contribution in [3.63, 3.8) is 0 Å². The van der Waals surface area contributed by atoms with E-state index in [9.17, 15) is 0 Å². The lowest BCUT2D eigenvalue weighted by Crippen LogP contribution is -2.22. The Labute approximate surface area is 130 Å². The zero-order valence-electron chi connectivity index (χ0n) is 13.0. The van der Waals surface area contributed by atoms with Crippen molar-refractivity contribution in [1.82, 2.24) is 14.9 Å². The van der Waals surface area contributed by atoms with Gasteiger partial charge in [-0.2, -0.15) is 0 Å². The molecular weight excluding hydrogens is 276 g/mol. The maximum atomic E-state index is 5.65. The largest absolute Gasteiger partial charge is 0.384 e. The third-order valence-electron chi connectivity index (χ3n) is 3.41. The van der Waals surface area contributed by atoms with Crippen molar-refractivity contribution < 1.29 is 0 Å². The lowest BCUT2D eigenvalue weighted by molar-refractivity contribution is 0.508. The Morgan fingerprint density at radius 3 is 2.82 bits per heavy atom. The van der Waals surface area contributed by atoms with Gasteiger partial charge in [-0.05, 0) is 32.0 Å². The van der Waals surface area contributed by atoms with E-state index < -0.39 is 0 Å². The molecule has 0 bridgehead atoms. The number of aromatic nitrogens is 2. The van der Waals surface area contributed by atoms with Gasteiger partial charge < -0.3 is 16.0 Å². The Kier molecular flexibility index (Phi) is 3.66. The summed E-state index contributed by atoms with van der Waals surface area (Å²) < 4.78 is 0. The lowest BCUT2D eigenvalue weighted by atomic mass is 10.1. The third-order valence-corrected chi connectivity index (χ3v) is 3.41. The molecule has 3 N–H and O–H groups in total. The molecule has 1 aliphatic heterocycles. The molecule has 0 spiro atoms. The minimum Gasteiger partial charge on any atom is -0.384 e. The molecule has 0 saturated carbocycles. The number of nitrogens with one attached hydrogen (secondary N) is 1. The predicted molar refractivity (Wildman–Crippen MR) is 90.3 cm³/mol. The van der Waals surface area contributed by atoms with Crippen LogP contribution in [0, 0.1) is 0 Å². The van der Waals surface area contributed by atoms with Crippen LogP contribution in [-0.4, -0.2) is 34.3 Å². The zero-order chi connectivity index (χ0) is 15.7. The smallest absolute Gasteiger partial charge is 0.134 e. The van der Waals surface area contributed by atoms with Crippen LogP contribution in [0.1, 0.15) is 19.4 Å². The number of hydrogen-bond donors (Lipinski definition) is 2. The van der Waals surface area contributed by atoms with Gasteiger partial charge >= 0.3 is 0 Å².